The molecule has 0 spiro atoms. The van der Waals surface area contributed by atoms with Crippen LogP contribution in [0.25, 0.3) is 0 Å². The van der Waals surface area contributed by atoms with Gasteiger partial charge in [0.15, 0.2) is 17.8 Å². The number of carbonyl (C=O) groups excluding carboxylic acids is 1. The van der Waals surface area contributed by atoms with Crippen LogP contribution in [0.3, 0.4) is 0 Å². The van der Waals surface area contributed by atoms with Gasteiger partial charge in [-0.25, -0.2) is 0 Å². The Hall–Kier alpha value is -1.36. The summed E-state index contributed by atoms with van der Waals surface area (Å²) in [6.07, 6.45) is 2.40. The maximum Gasteiger partial charge on any atom is 0.250 e. The molecule has 0 saturated carbocycles. The fourth-order valence-corrected chi connectivity index (χ4v) is 2.43. The summed E-state index contributed by atoms with van der Waals surface area (Å²) in [6, 6.07) is 0. The first-order valence-electron chi connectivity index (χ1n) is 6.32. The Kier molecular flexibility index (Phi) is 4.40. The minimum atomic E-state index is -1.98. The van der Waals surface area contributed by atoms with Crippen molar-refractivity contribution in [2.45, 2.75) is 45.8 Å². The number of hydrogen-bond donors (Lipinski definition) is 0. The number of aromatic nitrogens is 1. The van der Waals surface area contributed by atoms with E-state index >= 15 is 0 Å². The highest BCUT2D eigenvalue weighted by Crippen LogP contribution is 2.40. The molecule has 0 amide bonds. The quantitative estimate of drug-likeness (QED) is 0.625. The maximum absolute atomic E-state index is 11.2. The summed E-state index contributed by atoms with van der Waals surface area (Å²) in [5.74, 6) is 1.04. The van der Waals surface area contributed by atoms with E-state index in [1.165, 1.54) is 0 Å². The maximum atomic E-state index is 11.2. The first kappa shape index (κ1) is 15.7. The lowest BCUT2D eigenvalue weighted by Crippen LogP contribution is -2.44. The van der Waals surface area contributed by atoms with E-state index in [9.17, 15) is 4.79 Å². The molecular formula is C14H23NO3Si. The van der Waals surface area contributed by atoms with E-state index in [1.807, 2.05) is 0 Å². The van der Waals surface area contributed by atoms with Crippen LogP contribution in [-0.2, 0) is 0 Å². The first-order valence-corrected chi connectivity index (χ1v) is 9.22. The highest BCUT2D eigenvalue weighted by atomic mass is 28.4. The Labute approximate surface area is 116 Å². The van der Waals surface area contributed by atoms with E-state index in [-0.39, 0.29) is 5.04 Å². The summed E-state index contributed by atoms with van der Waals surface area (Å²) in [5.41, 5.74) is 1.10. The standard InChI is InChI=1S/C14H23NO3Si/c1-10-11(9-16)13(17-5)12(8-15-10)18-19(6,7)14(2,3)4/h8-9H,1-7H3. The predicted octanol–water partition coefficient (Wildman–Crippen LogP) is 3.60. The Morgan fingerprint density at radius 1 is 1.32 bits per heavy atom. The highest BCUT2D eigenvalue weighted by molar-refractivity contribution is 6.74. The van der Waals surface area contributed by atoms with Crippen molar-refractivity contribution in [1.29, 1.82) is 0 Å². The minimum absolute atomic E-state index is 0.0737. The summed E-state index contributed by atoms with van der Waals surface area (Å²) < 4.78 is 11.5. The molecule has 0 atom stereocenters. The minimum Gasteiger partial charge on any atom is -0.540 e. The average molecular weight is 281 g/mol. The molecule has 0 fully saturated rings. The van der Waals surface area contributed by atoms with Crippen LogP contribution in [0.2, 0.25) is 18.1 Å². The molecule has 0 aliphatic carbocycles. The average Bonchev–Trinajstić information content (AvgIpc) is 2.29. The van der Waals surface area contributed by atoms with Gasteiger partial charge in [0, 0.05) is 0 Å². The van der Waals surface area contributed by atoms with E-state index in [4.69, 9.17) is 9.16 Å². The molecule has 0 aliphatic heterocycles. The van der Waals surface area contributed by atoms with Gasteiger partial charge in [-0.3, -0.25) is 9.78 Å². The number of ether oxygens (including phenoxy) is 1. The number of hydrogen-bond acceptors (Lipinski definition) is 4. The number of nitrogens with zero attached hydrogens (tertiary/aromatic N) is 1. The number of methoxy groups -OCH3 is 1. The lowest BCUT2D eigenvalue weighted by Gasteiger charge is -2.36. The van der Waals surface area contributed by atoms with Crippen molar-refractivity contribution >= 4 is 14.6 Å². The van der Waals surface area contributed by atoms with Gasteiger partial charge in [-0.1, -0.05) is 20.8 Å². The highest BCUT2D eigenvalue weighted by Gasteiger charge is 2.39. The SMILES string of the molecule is COc1c(O[Si](C)(C)C(C)(C)C)cnc(C)c1C=O. The molecule has 0 aliphatic rings. The van der Waals surface area contributed by atoms with Crippen molar-refractivity contribution in [2.75, 3.05) is 7.11 Å². The molecule has 1 heterocycles. The summed E-state index contributed by atoms with van der Waals surface area (Å²) in [5, 5.41) is 0.0737. The van der Waals surface area contributed by atoms with E-state index in [2.05, 4.69) is 38.8 Å². The smallest absolute Gasteiger partial charge is 0.250 e. The van der Waals surface area contributed by atoms with Gasteiger partial charge in [-0.15, -0.1) is 0 Å². The second-order valence-electron chi connectivity index (χ2n) is 6.14. The molecular weight excluding hydrogens is 258 g/mol. The van der Waals surface area contributed by atoms with Gasteiger partial charge in [-0.2, -0.15) is 0 Å². The number of aryl methyl sites for hydroxylation is 1. The molecule has 19 heavy (non-hydrogen) atoms. The summed E-state index contributed by atoms with van der Waals surface area (Å²) in [4.78, 5) is 15.4. The van der Waals surface area contributed by atoms with E-state index in [0.29, 0.717) is 22.8 Å². The van der Waals surface area contributed by atoms with Gasteiger partial charge >= 0.3 is 0 Å². The second kappa shape index (κ2) is 5.33. The molecule has 0 aromatic carbocycles. The van der Waals surface area contributed by atoms with Gasteiger partial charge in [-0.05, 0) is 25.1 Å². The van der Waals surface area contributed by atoms with Crippen LogP contribution in [0, 0.1) is 6.92 Å². The zero-order valence-electron chi connectivity index (χ0n) is 12.8. The molecule has 0 bridgehead atoms. The fraction of sp³-hybridized carbons (Fsp3) is 0.571. The molecule has 1 rings (SSSR count). The third-order valence-electron chi connectivity index (χ3n) is 3.73. The molecule has 0 N–H and O–H groups in total. The van der Waals surface area contributed by atoms with Crippen LogP contribution in [-0.4, -0.2) is 26.7 Å². The predicted molar refractivity (Wildman–Crippen MR) is 78.7 cm³/mol. The van der Waals surface area contributed by atoms with Crippen molar-refractivity contribution in [1.82, 2.24) is 4.98 Å². The third-order valence-corrected chi connectivity index (χ3v) is 8.07. The topological polar surface area (TPSA) is 48.4 Å². The molecule has 1 aromatic rings. The van der Waals surface area contributed by atoms with Crippen LogP contribution in [0.15, 0.2) is 6.20 Å². The van der Waals surface area contributed by atoms with E-state index in [0.717, 1.165) is 6.29 Å². The van der Waals surface area contributed by atoms with E-state index < -0.39 is 8.32 Å². The molecule has 1 aromatic heterocycles. The van der Waals surface area contributed by atoms with Crippen LogP contribution in [0.4, 0.5) is 0 Å². The zero-order valence-corrected chi connectivity index (χ0v) is 13.8. The lowest BCUT2D eigenvalue weighted by atomic mass is 10.2. The Bertz CT molecular complexity index is 478. The van der Waals surface area contributed by atoms with Gasteiger partial charge in [0.05, 0.1) is 24.6 Å². The van der Waals surface area contributed by atoms with Crippen molar-refractivity contribution < 1.29 is 14.0 Å². The number of aldehydes is 1. The van der Waals surface area contributed by atoms with Crippen molar-refractivity contribution in [3.8, 4) is 11.5 Å². The van der Waals surface area contributed by atoms with Crippen LogP contribution in [0.1, 0.15) is 36.8 Å². The molecule has 5 heteroatoms. The third kappa shape index (κ3) is 3.15. The van der Waals surface area contributed by atoms with Gasteiger partial charge < -0.3 is 9.16 Å². The molecule has 0 unspecified atom stereocenters. The lowest BCUT2D eigenvalue weighted by molar-refractivity contribution is 0.111. The van der Waals surface area contributed by atoms with Crippen molar-refractivity contribution in [3.05, 3.63) is 17.5 Å². The fourth-order valence-electron chi connectivity index (χ4n) is 1.43. The first-order chi connectivity index (χ1) is 8.64. The largest absolute Gasteiger partial charge is 0.540 e. The van der Waals surface area contributed by atoms with Crippen LogP contribution < -0.4 is 9.16 Å². The molecule has 106 valence electrons. The van der Waals surface area contributed by atoms with Crippen LogP contribution >= 0.6 is 0 Å². The van der Waals surface area contributed by atoms with Gasteiger partial charge in [0.1, 0.15) is 0 Å². The second-order valence-corrected chi connectivity index (χ2v) is 10.9. The molecule has 0 radical (unpaired) electrons. The van der Waals surface area contributed by atoms with Gasteiger partial charge in [0.25, 0.3) is 8.32 Å². The normalized spacial score (nSPS) is 12.2. The Balaban J connectivity index is 3.26. The van der Waals surface area contributed by atoms with Crippen molar-refractivity contribution in [2.24, 2.45) is 0 Å². The number of pyridine rings is 1. The van der Waals surface area contributed by atoms with Crippen molar-refractivity contribution in [3.63, 3.8) is 0 Å². The van der Waals surface area contributed by atoms with Crippen LogP contribution in [0.5, 0.6) is 11.5 Å². The van der Waals surface area contributed by atoms with E-state index in [1.54, 1.807) is 20.2 Å². The Morgan fingerprint density at radius 2 is 1.89 bits per heavy atom. The summed E-state index contributed by atoms with van der Waals surface area (Å²) in [6.45, 7) is 12.6. The number of carbonyl (C=O) groups is 1. The Morgan fingerprint density at radius 3 is 2.32 bits per heavy atom. The zero-order chi connectivity index (χ0) is 14.8. The number of rotatable bonds is 4. The summed E-state index contributed by atoms with van der Waals surface area (Å²) in [7, 11) is -0.440. The monoisotopic (exact) mass is 281 g/mol. The molecule has 0 saturated heterocycles. The summed E-state index contributed by atoms with van der Waals surface area (Å²) >= 11 is 0. The van der Waals surface area contributed by atoms with Gasteiger partial charge in [0.2, 0.25) is 0 Å². The molecule has 4 nitrogen and oxygen atoms in total.